The fourth-order valence-electron chi connectivity index (χ4n) is 3.77. The van der Waals surface area contributed by atoms with Gasteiger partial charge in [-0.3, -0.25) is 4.79 Å². The first-order valence-corrected chi connectivity index (χ1v) is 8.08. The van der Waals surface area contributed by atoms with Crippen molar-refractivity contribution in [3.05, 3.63) is 33.6 Å². The predicted molar refractivity (Wildman–Crippen MR) is 85.6 cm³/mol. The van der Waals surface area contributed by atoms with E-state index >= 15 is 0 Å². The molecule has 6 nitrogen and oxygen atoms in total. The molecule has 0 saturated heterocycles. The van der Waals surface area contributed by atoms with E-state index in [4.69, 9.17) is 23.2 Å². The Morgan fingerprint density at radius 1 is 1.43 bits per heavy atom. The highest BCUT2D eigenvalue weighted by molar-refractivity contribution is 6.45. The van der Waals surface area contributed by atoms with Gasteiger partial charge in [0, 0.05) is 40.3 Å². The average Bonchev–Trinajstić information content (AvgIpc) is 3.04. The van der Waals surface area contributed by atoms with Gasteiger partial charge in [0.05, 0.1) is 22.6 Å². The number of rotatable bonds is 0. The van der Waals surface area contributed by atoms with E-state index in [-0.39, 0.29) is 5.91 Å². The molecular formula is C15H12Cl2N5O+. The Morgan fingerprint density at radius 2 is 2.26 bits per heavy atom. The number of hydrogen-bond donors (Lipinski definition) is 2. The van der Waals surface area contributed by atoms with E-state index in [0.717, 1.165) is 39.8 Å². The van der Waals surface area contributed by atoms with E-state index in [1.54, 1.807) is 11.0 Å². The number of fused-ring (bicyclic) bond motifs is 3. The van der Waals surface area contributed by atoms with Gasteiger partial charge < -0.3 is 10.3 Å². The Kier molecular flexibility index (Phi) is 2.49. The minimum absolute atomic E-state index is 0.0313. The molecule has 0 unspecified atom stereocenters. The first kappa shape index (κ1) is 13.4. The molecule has 2 aromatic heterocycles. The first-order valence-electron chi connectivity index (χ1n) is 7.32. The minimum Gasteiger partial charge on any atom is -0.357 e. The lowest BCUT2D eigenvalue weighted by molar-refractivity contribution is -0.771. The lowest BCUT2D eigenvalue weighted by atomic mass is 9.93. The van der Waals surface area contributed by atoms with Gasteiger partial charge in [0.15, 0.2) is 0 Å². The largest absolute Gasteiger partial charge is 0.357 e. The van der Waals surface area contributed by atoms with Crippen molar-refractivity contribution in [1.82, 2.24) is 20.2 Å². The number of aromatic nitrogens is 4. The summed E-state index contributed by atoms with van der Waals surface area (Å²) in [6, 6.07) is 1.40. The van der Waals surface area contributed by atoms with Gasteiger partial charge in [-0.15, -0.1) is 4.68 Å². The third-order valence-electron chi connectivity index (χ3n) is 4.71. The molecule has 2 aliphatic rings. The van der Waals surface area contributed by atoms with Gasteiger partial charge in [0.1, 0.15) is 0 Å². The molecule has 116 valence electrons. The summed E-state index contributed by atoms with van der Waals surface area (Å²) in [6.07, 6.45) is 2.49. The Hall–Kier alpha value is -2.05. The zero-order valence-electron chi connectivity index (χ0n) is 12.2. The molecule has 0 bridgehead atoms. The number of H-pyrrole nitrogens is 1. The van der Waals surface area contributed by atoms with Crippen LogP contribution in [-0.4, -0.2) is 27.3 Å². The fourth-order valence-corrected chi connectivity index (χ4v) is 4.17. The van der Waals surface area contributed by atoms with Crippen LogP contribution in [0.2, 0.25) is 10.0 Å². The monoisotopic (exact) mass is 348 g/mol. The van der Waals surface area contributed by atoms with Crippen molar-refractivity contribution in [2.75, 3.05) is 6.54 Å². The SMILES string of the molecule is Cn1ncc2[n+]1[C@@H]1C(=O)NCCc3[nH]c4c(Cl)c(Cl)cc-2c4c31. The molecule has 4 heterocycles. The van der Waals surface area contributed by atoms with Crippen molar-refractivity contribution < 1.29 is 9.48 Å². The van der Waals surface area contributed by atoms with E-state index in [0.29, 0.717) is 16.6 Å². The summed E-state index contributed by atoms with van der Waals surface area (Å²) in [4.78, 5) is 17.8. The molecule has 1 atom stereocenters. The molecule has 0 radical (unpaired) electrons. The number of amides is 1. The molecule has 0 spiro atoms. The average molecular weight is 349 g/mol. The van der Waals surface area contributed by atoms with Crippen LogP contribution in [0.25, 0.3) is 22.2 Å². The van der Waals surface area contributed by atoms with Crippen molar-refractivity contribution in [3.63, 3.8) is 0 Å². The molecule has 0 saturated carbocycles. The Balaban J connectivity index is 2.03. The highest BCUT2D eigenvalue weighted by Crippen LogP contribution is 2.45. The summed E-state index contributed by atoms with van der Waals surface area (Å²) in [5, 5.41) is 9.27. The van der Waals surface area contributed by atoms with E-state index in [1.807, 2.05) is 17.8 Å². The van der Waals surface area contributed by atoms with Crippen molar-refractivity contribution in [2.45, 2.75) is 12.5 Å². The third kappa shape index (κ3) is 1.52. The summed E-state index contributed by atoms with van der Waals surface area (Å²) < 4.78 is 1.90. The molecule has 23 heavy (non-hydrogen) atoms. The number of carbonyl (C=O) groups excluding carboxylic acids is 1. The number of halogens is 2. The van der Waals surface area contributed by atoms with Crippen LogP contribution in [0, 0.1) is 0 Å². The molecule has 3 aromatic rings. The van der Waals surface area contributed by atoms with Gasteiger partial charge in [0.2, 0.25) is 17.9 Å². The molecule has 2 aliphatic heterocycles. The number of carbonyl (C=O) groups is 1. The summed E-state index contributed by atoms with van der Waals surface area (Å²) in [6.45, 7) is 0.587. The normalized spacial score (nSPS) is 18.7. The minimum atomic E-state index is -0.450. The van der Waals surface area contributed by atoms with Gasteiger partial charge in [-0.2, -0.15) is 0 Å². The van der Waals surface area contributed by atoms with Crippen LogP contribution >= 0.6 is 23.2 Å². The number of aryl methyl sites for hydroxylation is 1. The van der Waals surface area contributed by atoms with Crippen LogP contribution in [0.3, 0.4) is 0 Å². The fraction of sp³-hybridized carbons (Fsp3) is 0.267. The van der Waals surface area contributed by atoms with Crippen molar-refractivity contribution in [1.29, 1.82) is 0 Å². The molecule has 1 amide bonds. The van der Waals surface area contributed by atoms with E-state index < -0.39 is 6.04 Å². The summed E-state index contributed by atoms with van der Waals surface area (Å²) in [5.41, 5.74) is 4.61. The first-order chi connectivity index (χ1) is 11.1. The van der Waals surface area contributed by atoms with Crippen LogP contribution in [0.5, 0.6) is 0 Å². The zero-order valence-corrected chi connectivity index (χ0v) is 13.7. The second kappa shape index (κ2) is 4.27. The van der Waals surface area contributed by atoms with Crippen molar-refractivity contribution >= 4 is 40.0 Å². The van der Waals surface area contributed by atoms with Crippen LogP contribution in [0.4, 0.5) is 0 Å². The van der Waals surface area contributed by atoms with E-state index in [2.05, 4.69) is 15.4 Å². The smallest absolute Gasteiger partial charge is 0.272 e. The zero-order chi connectivity index (χ0) is 15.9. The Bertz CT molecular complexity index is 1020. The second-order valence-electron chi connectivity index (χ2n) is 5.89. The maximum Gasteiger partial charge on any atom is 0.272 e. The second-order valence-corrected chi connectivity index (χ2v) is 6.68. The highest BCUT2D eigenvalue weighted by atomic mass is 35.5. The molecular weight excluding hydrogens is 337 g/mol. The number of nitrogens with zero attached hydrogens (tertiary/aromatic N) is 3. The Morgan fingerprint density at radius 3 is 3.09 bits per heavy atom. The number of benzene rings is 1. The van der Waals surface area contributed by atoms with E-state index in [9.17, 15) is 4.79 Å². The van der Waals surface area contributed by atoms with Crippen LogP contribution in [0.15, 0.2) is 12.3 Å². The molecule has 0 aliphatic carbocycles. The molecule has 5 rings (SSSR count). The van der Waals surface area contributed by atoms with Crippen LogP contribution in [-0.2, 0) is 18.3 Å². The molecule has 1 aromatic carbocycles. The van der Waals surface area contributed by atoms with Gasteiger partial charge in [-0.25, -0.2) is 0 Å². The third-order valence-corrected chi connectivity index (χ3v) is 5.50. The summed E-state index contributed by atoms with van der Waals surface area (Å²) in [7, 11) is 1.83. The van der Waals surface area contributed by atoms with Crippen molar-refractivity contribution in [3.8, 4) is 11.3 Å². The molecule has 8 heteroatoms. The number of aromatic amines is 1. The lowest BCUT2D eigenvalue weighted by Crippen LogP contribution is -2.55. The van der Waals surface area contributed by atoms with Crippen LogP contribution in [0.1, 0.15) is 17.3 Å². The predicted octanol–water partition coefficient (Wildman–Crippen LogP) is 1.74. The standard InChI is InChI=1S/C15H11Cl2N5O/c1-21-19-5-9-6-4-7(16)12(17)13-10(6)11-8(20-13)2-3-18-15(23)14(11)22(9)21/h4-5,14H,2-3H2,1H3,(H,18,23)/p+1/t14-/m0/s1. The maximum absolute atomic E-state index is 12.7. The molecule has 2 N–H and O–H groups in total. The summed E-state index contributed by atoms with van der Waals surface area (Å²) >= 11 is 12.7. The molecule has 0 fully saturated rings. The topological polar surface area (TPSA) is 66.6 Å². The number of nitrogens with one attached hydrogen (secondary N) is 2. The van der Waals surface area contributed by atoms with Crippen molar-refractivity contribution in [2.24, 2.45) is 7.05 Å². The lowest BCUT2D eigenvalue weighted by Gasteiger charge is -2.20. The maximum atomic E-state index is 12.7. The van der Waals surface area contributed by atoms with Crippen LogP contribution < -0.4 is 10.00 Å². The number of hydrogen-bond acceptors (Lipinski definition) is 2. The van der Waals surface area contributed by atoms with Gasteiger partial charge >= 0.3 is 0 Å². The van der Waals surface area contributed by atoms with Gasteiger partial charge in [0.25, 0.3) is 5.91 Å². The van der Waals surface area contributed by atoms with Gasteiger partial charge in [-0.05, 0) is 10.9 Å². The Labute approximate surface area is 141 Å². The van der Waals surface area contributed by atoms with Gasteiger partial charge in [-0.1, -0.05) is 23.2 Å². The quantitative estimate of drug-likeness (QED) is 0.607. The highest BCUT2D eigenvalue weighted by Gasteiger charge is 2.43. The summed E-state index contributed by atoms with van der Waals surface area (Å²) in [5.74, 6) is -0.0313. The van der Waals surface area contributed by atoms with E-state index in [1.165, 1.54) is 0 Å².